The van der Waals surface area contributed by atoms with Gasteiger partial charge in [-0.2, -0.15) is 0 Å². The summed E-state index contributed by atoms with van der Waals surface area (Å²) in [7, 11) is 0. The van der Waals surface area contributed by atoms with Gasteiger partial charge < -0.3 is 0 Å². The van der Waals surface area contributed by atoms with Crippen LogP contribution in [0.3, 0.4) is 0 Å². The smallest absolute Gasteiger partial charge is 0.137 e. The van der Waals surface area contributed by atoms with Gasteiger partial charge in [0.15, 0.2) is 0 Å². The number of benzene rings is 1. The highest BCUT2D eigenvalue weighted by Gasteiger charge is 2.30. The van der Waals surface area contributed by atoms with Crippen LogP contribution in [0.1, 0.15) is 51.1 Å². The molecule has 0 spiro atoms. The lowest BCUT2D eigenvalue weighted by Gasteiger charge is -2.42. The summed E-state index contributed by atoms with van der Waals surface area (Å²) in [6.45, 7) is 4.57. The minimum absolute atomic E-state index is 0.0706. The quantitative estimate of drug-likeness (QED) is 0.883. The highest BCUT2D eigenvalue weighted by molar-refractivity contribution is 7.99. The first-order valence-corrected chi connectivity index (χ1v) is 8.61. The lowest BCUT2D eigenvalue weighted by atomic mass is 9.99. The van der Waals surface area contributed by atoms with Gasteiger partial charge in [-0.25, -0.2) is 14.8 Å². The van der Waals surface area contributed by atoms with Crippen LogP contribution >= 0.6 is 11.8 Å². The average Bonchev–Trinajstić information content (AvgIpc) is 2.44. The molecular weight excluding hydrogens is 271 g/mol. The van der Waals surface area contributed by atoms with Crippen molar-refractivity contribution in [1.29, 1.82) is 0 Å². The Kier molecular flexibility index (Phi) is 4.34. The van der Waals surface area contributed by atoms with Crippen LogP contribution in [-0.2, 0) is 0 Å². The molecule has 0 saturated carbocycles. The molecule has 2 heterocycles. The maximum atomic E-state index is 13.9. The molecule has 1 fully saturated rings. The number of hydrogen-bond donors (Lipinski definition) is 1. The van der Waals surface area contributed by atoms with E-state index in [1.807, 2.05) is 6.07 Å². The van der Waals surface area contributed by atoms with Crippen molar-refractivity contribution in [3.8, 4) is 0 Å². The monoisotopic (exact) mass is 294 g/mol. The molecule has 110 valence electrons. The third kappa shape index (κ3) is 2.74. The van der Waals surface area contributed by atoms with Crippen molar-refractivity contribution in [1.82, 2.24) is 10.4 Å². The van der Waals surface area contributed by atoms with Gasteiger partial charge in [0.1, 0.15) is 5.82 Å². The number of hydrazine groups is 1. The first kappa shape index (κ1) is 14.4. The SMILES string of the molecule is CC1CCCC(C)N1NC1CCSc2c(F)cccc21. The largest absolute Gasteiger partial charge is 0.247 e. The van der Waals surface area contributed by atoms with Crippen LogP contribution in [0.5, 0.6) is 0 Å². The van der Waals surface area contributed by atoms with Crippen molar-refractivity contribution >= 4 is 11.8 Å². The summed E-state index contributed by atoms with van der Waals surface area (Å²) in [4.78, 5) is 0.841. The van der Waals surface area contributed by atoms with E-state index >= 15 is 0 Å². The molecule has 2 nitrogen and oxygen atoms in total. The molecule has 1 saturated heterocycles. The molecule has 3 rings (SSSR count). The van der Waals surface area contributed by atoms with E-state index in [0.29, 0.717) is 12.1 Å². The van der Waals surface area contributed by atoms with Gasteiger partial charge in [-0.15, -0.1) is 11.8 Å². The van der Waals surface area contributed by atoms with Crippen LogP contribution in [0.4, 0.5) is 4.39 Å². The molecule has 0 bridgehead atoms. The molecule has 0 radical (unpaired) electrons. The second-order valence-corrected chi connectivity index (χ2v) is 7.12. The van der Waals surface area contributed by atoms with Gasteiger partial charge in [-0.05, 0) is 50.5 Å². The highest BCUT2D eigenvalue weighted by Crippen LogP contribution is 2.38. The van der Waals surface area contributed by atoms with Crippen molar-refractivity contribution in [3.05, 3.63) is 29.6 Å². The first-order chi connectivity index (χ1) is 9.66. The number of halogens is 1. The molecule has 2 aliphatic rings. The van der Waals surface area contributed by atoms with E-state index in [1.165, 1.54) is 19.3 Å². The van der Waals surface area contributed by atoms with E-state index in [2.05, 4.69) is 30.3 Å². The molecule has 0 amide bonds. The van der Waals surface area contributed by atoms with Gasteiger partial charge in [-0.3, -0.25) is 0 Å². The Labute approximate surface area is 125 Å². The van der Waals surface area contributed by atoms with Gasteiger partial charge in [0.05, 0.1) is 0 Å². The number of hydrogen-bond acceptors (Lipinski definition) is 3. The van der Waals surface area contributed by atoms with E-state index in [-0.39, 0.29) is 11.9 Å². The third-order valence-electron chi connectivity index (χ3n) is 4.52. The van der Waals surface area contributed by atoms with Gasteiger partial charge in [0.25, 0.3) is 0 Å². The van der Waals surface area contributed by atoms with Crippen molar-refractivity contribution in [2.45, 2.75) is 62.6 Å². The van der Waals surface area contributed by atoms with Gasteiger partial charge in [0.2, 0.25) is 0 Å². The predicted octanol–water partition coefficient (Wildman–Crippen LogP) is 4.13. The molecule has 0 aromatic heterocycles. The second-order valence-electron chi connectivity index (χ2n) is 6.01. The van der Waals surface area contributed by atoms with Gasteiger partial charge in [0, 0.05) is 23.0 Å². The Bertz CT molecular complexity index is 470. The maximum absolute atomic E-state index is 13.9. The van der Waals surface area contributed by atoms with Crippen molar-refractivity contribution in [2.24, 2.45) is 0 Å². The molecule has 0 aliphatic carbocycles. The number of thioether (sulfide) groups is 1. The van der Waals surface area contributed by atoms with Crippen LogP contribution in [0.15, 0.2) is 23.1 Å². The number of nitrogens with zero attached hydrogens (tertiary/aromatic N) is 1. The normalized spacial score (nSPS) is 31.1. The topological polar surface area (TPSA) is 15.3 Å². The number of rotatable bonds is 2. The minimum Gasteiger partial charge on any atom is -0.247 e. The van der Waals surface area contributed by atoms with Crippen LogP contribution in [0.25, 0.3) is 0 Å². The Morgan fingerprint density at radius 2 is 1.95 bits per heavy atom. The number of nitrogens with one attached hydrogen (secondary N) is 1. The van der Waals surface area contributed by atoms with Crippen LogP contribution in [0, 0.1) is 5.82 Å². The molecule has 1 N–H and O–H groups in total. The Hall–Kier alpha value is -0.580. The van der Waals surface area contributed by atoms with Crippen LogP contribution in [0.2, 0.25) is 0 Å². The van der Waals surface area contributed by atoms with Crippen molar-refractivity contribution < 1.29 is 4.39 Å². The van der Waals surface area contributed by atoms with E-state index in [1.54, 1.807) is 17.8 Å². The highest BCUT2D eigenvalue weighted by atomic mass is 32.2. The van der Waals surface area contributed by atoms with Crippen molar-refractivity contribution in [2.75, 3.05) is 5.75 Å². The average molecular weight is 294 g/mol. The zero-order valence-corrected chi connectivity index (χ0v) is 13.0. The predicted molar refractivity (Wildman–Crippen MR) is 82.2 cm³/mol. The number of piperidine rings is 1. The molecule has 20 heavy (non-hydrogen) atoms. The summed E-state index contributed by atoms with van der Waals surface area (Å²) in [5.74, 6) is 0.918. The Morgan fingerprint density at radius 3 is 2.70 bits per heavy atom. The number of fused-ring (bicyclic) bond motifs is 1. The summed E-state index contributed by atoms with van der Waals surface area (Å²) in [6, 6.07) is 6.85. The molecule has 4 heteroatoms. The Balaban J connectivity index is 1.81. The first-order valence-electron chi connectivity index (χ1n) is 7.62. The van der Waals surface area contributed by atoms with Crippen molar-refractivity contribution in [3.63, 3.8) is 0 Å². The fourth-order valence-electron chi connectivity index (χ4n) is 3.38. The third-order valence-corrected chi connectivity index (χ3v) is 5.68. The van der Waals surface area contributed by atoms with Gasteiger partial charge >= 0.3 is 0 Å². The molecule has 1 aromatic rings. The molecule has 1 aromatic carbocycles. The zero-order valence-electron chi connectivity index (χ0n) is 12.2. The zero-order chi connectivity index (χ0) is 14.1. The maximum Gasteiger partial charge on any atom is 0.137 e. The minimum atomic E-state index is -0.0706. The summed E-state index contributed by atoms with van der Waals surface area (Å²) >= 11 is 1.65. The molecular formula is C16H23FN2S. The fraction of sp³-hybridized carbons (Fsp3) is 0.625. The Morgan fingerprint density at radius 1 is 1.20 bits per heavy atom. The summed E-state index contributed by atoms with van der Waals surface area (Å²) < 4.78 is 13.9. The standard InChI is InChI=1S/C16H23FN2S/c1-11-5-3-6-12(2)19(11)18-15-9-10-20-16-13(15)7-4-8-14(16)17/h4,7-8,11-12,15,18H,3,5-6,9-10H2,1-2H3. The van der Waals surface area contributed by atoms with E-state index in [4.69, 9.17) is 0 Å². The fourth-order valence-corrected chi connectivity index (χ4v) is 4.52. The summed E-state index contributed by atoms with van der Waals surface area (Å²) in [5.41, 5.74) is 4.82. The van der Waals surface area contributed by atoms with Crippen LogP contribution in [-0.4, -0.2) is 22.8 Å². The van der Waals surface area contributed by atoms with Crippen LogP contribution < -0.4 is 5.43 Å². The molecule has 2 aliphatic heterocycles. The lowest BCUT2D eigenvalue weighted by Crippen LogP contribution is -2.53. The van der Waals surface area contributed by atoms with E-state index < -0.39 is 0 Å². The molecule has 3 unspecified atom stereocenters. The summed E-state index contributed by atoms with van der Waals surface area (Å²) in [5, 5.41) is 2.40. The molecule has 3 atom stereocenters. The van der Waals surface area contributed by atoms with E-state index in [0.717, 1.165) is 22.6 Å². The second kappa shape index (κ2) is 6.04. The summed E-state index contributed by atoms with van der Waals surface area (Å²) in [6.07, 6.45) is 4.87. The lowest BCUT2D eigenvalue weighted by molar-refractivity contribution is 0.0277. The van der Waals surface area contributed by atoms with Gasteiger partial charge in [-0.1, -0.05) is 18.6 Å². The van der Waals surface area contributed by atoms with E-state index in [9.17, 15) is 4.39 Å².